The second kappa shape index (κ2) is 4.89. The van der Waals surface area contributed by atoms with E-state index in [1.807, 2.05) is 32.2 Å². The van der Waals surface area contributed by atoms with E-state index >= 15 is 0 Å². The van der Waals surface area contributed by atoms with E-state index in [0.29, 0.717) is 0 Å². The lowest BCUT2D eigenvalue weighted by Gasteiger charge is -2.06. The van der Waals surface area contributed by atoms with Gasteiger partial charge in [0, 0.05) is 27.4 Å². The molecule has 0 atom stereocenters. The third kappa shape index (κ3) is 2.57. The van der Waals surface area contributed by atoms with Crippen molar-refractivity contribution in [1.29, 1.82) is 0 Å². The Hall–Kier alpha value is -1.00. The molecule has 1 aromatic heterocycles. The molecule has 0 aliphatic rings. The van der Waals surface area contributed by atoms with Gasteiger partial charge in [0.15, 0.2) is 0 Å². The van der Waals surface area contributed by atoms with Crippen LogP contribution in [0.15, 0.2) is 29.3 Å². The van der Waals surface area contributed by atoms with Crippen LogP contribution >= 0.6 is 23.1 Å². The highest BCUT2D eigenvalue weighted by atomic mass is 32.2. The van der Waals surface area contributed by atoms with Crippen molar-refractivity contribution in [2.24, 2.45) is 0 Å². The van der Waals surface area contributed by atoms with Crippen LogP contribution in [-0.2, 0) is 5.75 Å². The molecule has 0 aliphatic carbocycles. The van der Waals surface area contributed by atoms with E-state index in [4.69, 9.17) is 5.73 Å². The molecule has 0 spiro atoms. The van der Waals surface area contributed by atoms with Crippen LogP contribution in [0.5, 0.6) is 0 Å². The SMILES string of the molecule is Cc1ncc(CSc2cccc(C)c2N)s1. The Bertz CT molecular complexity index is 492. The smallest absolute Gasteiger partial charge is 0.0897 e. The Kier molecular flexibility index (Phi) is 3.51. The van der Waals surface area contributed by atoms with Crippen LogP contribution < -0.4 is 5.73 Å². The van der Waals surface area contributed by atoms with Crippen molar-refractivity contribution in [3.63, 3.8) is 0 Å². The van der Waals surface area contributed by atoms with Crippen molar-refractivity contribution in [3.8, 4) is 0 Å². The van der Waals surface area contributed by atoms with Crippen molar-refractivity contribution in [2.45, 2.75) is 24.5 Å². The lowest BCUT2D eigenvalue weighted by atomic mass is 10.2. The van der Waals surface area contributed by atoms with Crippen LogP contribution in [0.25, 0.3) is 0 Å². The van der Waals surface area contributed by atoms with E-state index in [1.54, 1.807) is 23.1 Å². The van der Waals surface area contributed by atoms with Crippen molar-refractivity contribution in [2.75, 3.05) is 5.73 Å². The normalized spacial score (nSPS) is 10.6. The number of thiazole rings is 1. The van der Waals surface area contributed by atoms with Gasteiger partial charge in [0.1, 0.15) is 0 Å². The number of nitrogens with two attached hydrogens (primary N) is 1. The van der Waals surface area contributed by atoms with Gasteiger partial charge < -0.3 is 5.73 Å². The zero-order chi connectivity index (χ0) is 11.5. The first-order chi connectivity index (χ1) is 7.66. The molecule has 0 aliphatic heterocycles. The van der Waals surface area contributed by atoms with E-state index in [9.17, 15) is 0 Å². The lowest BCUT2D eigenvalue weighted by molar-refractivity contribution is 1.28. The van der Waals surface area contributed by atoms with Gasteiger partial charge in [0.2, 0.25) is 0 Å². The van der Waals surface area contributed by atoms with Crippen LogP contribution in [0.2, 0.25) is 0 Å². The van der Waals surface area contributed by atoms with E-state index in [1.165, 1.54) is 4.88 Å². The Morgan fingerprint density at radius 1 is 1.38 bits per heavy atom. The summed E-state index contributed by atoms with van der Waals surface area (Å²) in [7, 11) is 0. The van der Waals surface area contributed by atoms with E-state index in [-0.39, 0.29) is 0 Å². The number of aromatic nitrogens is 1. The highest BCUT2D eigenvalue weighted by Crippen LogP contribution is 2.31. The number of rotatable bonds is 3. The average Bonchev–Trinajstić information content (AvgIpc) is 2.67. The van der Waals surface area contributed by atoms with Gasteiger partial charge in [0.25, 0.3) is 0 Å². The predicted molar refractivity (Wildman–Crippen MR) is 72.0 cm³/mol. The topological polar surface area (TPSA) is 38.9 Å². The summed E-state index contributed by atoms with van der Waals surface area (Å²) in [6.45, 7) is 4.07. The molecule has 84 valence electrons. The Labute approximate surface area is 104 Å². The first-order valence-electron chi connectivity index (χ1n) is 5.06. The van der Waals surface area contributed by atoms with Gasteiger partial charge >= 0.3 is 0 Å². The number of anilines is 1. The van der Waals surface area contributed by atoms with Gasteiger partial charge in [-0.1, -0.05) is 12.1 Å². The number of hydrogen-bond donors (Lipinski definition) is 1. The maximum atomic E-state index is 6.02. The second-order valence-corrected chi connectivity index (χ2v) is 5.96. The molecule has 0 unspecified atom stereocenters. The quantitative estimate of drug-likeness (QED) is 0.668. The number of hydrogen-bond acceptors (Lipinski definition) is 4. The third-order valence-corrected chi connectivity index (χ3v) is 4.54. The van der Waals surface area contributed by atoms with Gasteiger partial charge in [-0.3, -0.25) is 0 Å². The lowest BCUT2D eigenvalue weighted by Crippen LogP contribution is -1.91. The third-order valence-electron chi connectivity index (χ3n) is 2.32. The van der Waals surface area contributed by atoms with Crippen LogP contribution in [0, 0.1) is 13.8 Å². The molecule has 0 amide bonds. The Morgan fingerprint density at radius 3 is 2.88 bits per heavy atom. The molecule has 16 heavy (non-hydrogen) atoms. The van der Waals surface area contributed by atoms with Crippen molar-refractivity contribution in [1.82, 2.24) is 4.98 Å². The molecule has 2 aromatic rings. The fraction of sp³-hybridized carbons (Fsp3) is 0.250. The van der Waals surface area contributed by atoms with E-state index in [0.717, 1.165) is 26.9 Å². The predicted octanol–water partition coefficient (Wildman–Crippen LogP) is 3.63. The summed E-state index contributed by atoms with van der Waals surface area (Å²) in [5.41, 5.74) is 8.06. The molecule has 0 fully saturated rings. The first-order valence-corrected chi connectivity index (χ1v) is 6.86. The number of nitrogens with zero attached hydrogens (tertiary/aromatic N) is 1. The largest absolute Gasteiger partial charge is 0.398 e. The molecular formula is C12H14N2S2. The summed E-state index contributed by atoms with van der Waals surface area (Å²) in [4.78, 5) is 6.70. The number of thioether (sulfide) groups is 1. The van der Waals surface area contributed by atoms with Crippen LogP contribution in [0.4, 0.5) is 5.69 Å². The van der Waals surface area contributed by atoms with E-state index < -0.39 is 0 Å². The standard InChI is InChI=1S/C12H14N2S2/c1-8-4-3-5-11(12(8)13)15-7-10-6-14-9(2)16-10/h3-6H,7,13H2,1-2H3. The van der Waals surface area contributed by atoms with Gasteiger partial charge in [-0.2, -0.15) is 0 Å². The van der Waals surface area contributed by atoms with Crippen molar-refractivity contribution >= 4 is 28.8 Å². The summed E-state index contributed by atoms with van der Waals surface area (Å²) >= 11 is 3.52. The van der Waals surface area contributed by atoms with Crippen LogP contribution in [0.1, 0.15) is 15.4 Å². The molecule has 2 N–H and O–H groups in total. The summed E-state index contributed by atoms with van der Waals surface area (Å²) in [6.07, 6.45) is 1.94. The van der Waals surface area contributed by atoms with Gasteiger partial charge in [-0.25, -0.2) is 4.98 Å². The molecule has 0 bridgehead atoms. The molecule has 0 radical (unpaired) electrons. The number of benzene rings is 1. The molecule has 1 heterocycles. The number of para-hydroxylation sites is 1. The molecule has 0 saturated carbocycles. The fourth-order valence-corrected chi connectivity index (χ4v) is 3.27. The maximum absolute atomic E-state index is 6.02. The monoisotopic (exact) mass is 250 g/mol. The summed E-state index contributed by atoms with van der Waals surface area (Å²) < 4.78 is 0. The number of nitrogen functional groups attached to an aromatic ring is 1. The summed E-state index contributed by atoms with van der Waals surface area (Å²) in [6, 6.07) is 6.16. The average molecular weight is 250 g/mol. The maximum Gasteiger partial charge on any atom is 0.0897 e. The van der Waals surface area contributed by atoms with Gasteiger partial charge in [0.05, 0.1) is 5.01 Å². The Morgan fingerprint density at radius 2 is 2.19 bits per heavy atom. The minimum Gasteiger partial charge on any atom is -0.398 e. The zero-order valence-electron chi connectivity index (χ0n) is 9.36. The first kappa shape index (κ1) is 11.5. The summed E-state index contributed by atoms with van der Waals surface area (Å²) in [5, 5.41) is 1.12. The minimum atomic E-state index is 0.897. The highest BCUT2D eigenvalue weighted by molar-refractivity contribution is 7.98. The highest BCUT2D eigenvalue weighted by Gasteiger charge is 2.04. The van der Waals surface area contributed by atoms with Crippen LogP contribution in [0.3, 0.4) is 0 Å². The number of aryl methyl sites for hydroxylation is 2. The molecule has 0 saturated heterocycles. The molecule has 1 aromatic carbocycles. The van der Waals surface area contributed by atoms with Gasteiger partial charge in [-0.05, 0) is 25.5 Å². The van der Waals surface area contributed by atoms with E-state index in [2.05, 4.69) is 11.1 Å². The van der Waals surface area contributed by atoms with Crippen LogP contribution in [-0.4, -0.2) is 4.98 Å². The Balaban J connectivity index is 2.07. The minimum absolute atomic E-state index is 0.897. The zero-order valence-corrected chi connectivity index (χ0v) is 11.0. The van der Waals surface area contributed by atoms with Crippen molar-refractivity contribution in [3.05, 3.63) is 39.8 Å². The molecule has 4 heteroatoms. The molecular weight excluding hydrogens is 236 g/mol. The molecule has 2 rings (SSSR count). The van der Waals surface area contributed by atoms with Crippen molar-refractivity contribution < 1.29 is 0 Å². The second-order valence-electron chi connectivity index (χ2n) is 3.62. The summed E-state index contributed by atoms with van der Waals surface area (Å²) in [5.74, 6) is 0.944. The van der Waals surface area contributed by atoms with Gasteiger partial charge in [-0.15, -0.1) is 23.1 Å². The molecule has 2 nitrogen and oxygen atoms in total. The fourth-order valence-electron chi connectivity index (χ4n) is 1.40.